The number of ketones is 1. The van der Waals surface area contributed by atoms with Crippen LogP contribution in [0, 0.1) is 20.8 Å². The van der Waals surface area contributed by atoms with Gasteiger partial charge in [-0.25, -0.2) is 0 Å². The predicted octanol–water partition coefficient (Wildman–Crippen LogP) is 2.67. The summed E-state index contributed by atoms with van der Waals surface area (Å²) < 4.78 is 1.58. The molecule has 0 spiro atoms. The normalized spacial score (nSPS) is 12.0. The van der Waals surface area contributed by atoms with E-state index in [4.69, 9.17) is 0 Å². The molecule has 6 nitrogen and oxygen atoms in total. The number of Topliss-reactive ketones (excluding diaryl/α,β-unsaturated/α-hetero) is 1. The molecule has 6 heteroatoms. The summed E-state index contributed by atoms with van der Waals surface area (Å²) in [7, 11) is 0. The van der Waals surface area contributed by atoms with Crippen molar-refractivity contribution in [3.63, 3.8) is 0 Å². The summed E-state index contributed by atoms with van der Waals surface area (Å²) in [6.07, 6.45) is 0.748. The predicted molar refractivity (Wildman–Crippen MR) is 91.9 cm³/mol. The Balaban J connectivity index is 2.13. The van der Waals surface area contributed by atoms with Gasteiger partial charge in [-0.3, -0.25) is 19.3 Å². The molecule has 0 aliphatic rings. The fourth-order valence-electron chi connectivity index (χ4n) is 2.88. The van der Waals surface area contributed by atoms with Crippen molar-refractivity contribution in [2.24, 2.45) is 0 Å². The molecule has 2 aromatic rings. The minimum Gasteiger partial charge on any atom is -0.346 e. The third-order valence-electron chi connectivity index (χ3n) is 4.04. The number of aromatic nitrogens is 3. The lowest BCUT2D eigenvalue weighted by molar-refractivity contribution is -0.122. The lowest BCUT2D eigenvalue weighted by Crippen LogP contribution is -2.32. The molecule has 2 rings (SSSR count). The van der Waals surface area contributed by atoms with Crippen molar-refractivity contribution < 1.29 is 9.59 Å². The van der Waals surface area contributed by atoms with Crippen LogP contribution in [0.15, 0.2) is 18.2 Å². The van der Waals surface area contributed by atoms with E-state index in [0.717, 1.165) is 23.5 Å². The van der Waals surface area contributed by atoms with Crippen LogP contribution in [0.3, 0.4) is 0 Å². The Hall–Kier alpha value is -2.50. The molecule has 1 amide bonds. The zero-order chi connectivity index (χ0) is 17.9. The summed E-state index contributed by atoms with van der Waals surface area (Å²) in [5.41, 5.74) is 3.74. The molecular formula is C18H24N4O2. The van der Waals surface area contributed by atoms with Gasteiger partial charge in [0.2, 0.25) is 5.91 Å². The van der Waals surface area contributed by atoms with Gasteiger partial charge in [0.15, 0.2) is 5.78 Å². The first-order valence-corrected chi connectivity index (χ1v) is 8.11. The molecule has 0 unspecified atom stereocenters. The van der Waals surface area contributed by atoms with Gasteiger partial charge in [-0.2, -0.15) is 5.10 Å². The van der Waals surface area contributed by atoms with E-state index in [0.29, 0.717) is 11.3 Å². The molecule has 0 fully saturated rings. The van der Waals surface area contributed by atoms with E-state index in [1.54, 1.807) is 11.6 Å². The van der Waals surface area contributed by atoms with E-state index in [1.165, 1.54) is 6.92 Å². The first-order valence-electron chi connectivity index (χ1n) is 8.11. The Morgan fingerprint density at radius 3 is 2.50 bits per heavy atom. The molecular weight excluding hydrogens is 304 g/mol. The third kappa shape index (κ3) is 3.88. The van der Waals surface area contributed by atoms with Crippen molar-refractivity contribution in [3.8, 4) is 0 Å². The van der Waals surface area contributed by atoms with Gasteiger partial charge >= 0.3 is 0 Å². The van der Waals surface area contributed by atoms with Crippen LogP contribution < -0.4 is 5.32 Å². The molecule has 128 valence electrons. The summed E-state index contributed by atoms with van der Waals surface area (Å²) in [5.74, 6) is -0.182. The number of nitrogens with one attached hydrogen (secondary N) is 1. The van der Waals surface area contributed by atoms with Crippen molar-refractivity contribution in [3.05, 3.63) is 46.5 Å². The number of pyridine rings is 1. The number of carbonyl (C=O) groups excluding carboxylic acids is 2. The van der Waals surface area contributed by atoms with Crippen LogP contribution in [-0.2, 0) is 11.3 Å². The van der Waals surface area contributed by atoms with Crippen molar-refractivity contribution in [1.29, 1.82) is 0 Å². The van der Waals surface area contributed by atoms with Crippen LogP contribution in [0.25, 0.3) is 0 Å². The average molecular weight is 328 g/mol. The van der Waals surface area contributed by atoms with Crippen molar-refractivity contribution in [2.75, 3.05) is 0 Å². The monoisotopic (exact) mass is 328 g/mol. The first-order chi connectivity index (χ1) is 11.3. The van der Waals surface area contributed by atoms with Gasteiger partial charge < -0.3 is 5.32 Å². The maximum absolute atomic E-state index is 12.4. The summed E-state index contributed by atoms with van der Waals surface area (Å²) in [4.78, 5) is 28.5. The number of carbonyl (C=O) groups is 2. The first kappa shape index (κ1) is 17.8. The van der Waals surface area contributed by atoms with E-state index in [1.807, 2.05) is 39.0 Å². The SMILES string of the molecule is CC[C@@H](NC(=O)Cn1nc(C)c(C(C)=O)c1C)c1cccc(C)n1. The second-order valence-corrected chi connectivity index (χ2v) is 5.99. The lowest BCUT2D eigenvalue weighted by Gasteiger charge is -2.17. The highest BCUT2D eigenvalue weighted by Gasteiger charge is 2.19. The van der Waals surface area contributed by atoms with Crippen molar-refractivity contribution in [2.45, 2.75) is 53.6 Å². The van der Waals surface area contributed by atoms with Crippen LogP contribution in [0.2, 0.25) is 0 Å². The fourth-order valence-corrected chi connectivity index (χ4v) is 2.88. The molecule has 2 heterocycles. The van der Waals surface area contributed by atoms with Gasteiger partial charge in [-0.1, -0.05) is 13.0 Å². The number of rotatable bonds is 6. The Morgan fingerprint density at radius 2 is 1.96 bits per heavy atom. The molecule has 0 saturated heterocycles. The number of amides is 1. The second kappa shape index (κ2) is 7.38. The van der Waals surface area contributed by atoms with E-state index in [2.05, 4.69) is 15.4 Å². The number of aryl methyl sites for hydroxylation is 2. The third-order valence-corrected chi connectivity index (χ3v) is 4.04. The van der Waals surface area contributed by atoms with Gasteiger partial charge in [0.25, 0.3) is 0 Å². The van der Waals surface area contributed by atoms with Crippen LogP contribution in [0.5, 0.6) is 0 Å². The minimum absolute atomic E-state index is 0.0351. The van der Waals surface area contributed by atoms with E-state index < -0.39 is 0 Å². The molecule has 1 N–H and O–H groups in total. The zero-order valence-electron chi connectivity index (χ0n) is 14.9. The second-order valence-electron chi connectivity index (χ2n) is 5.99. The van der Waals surface area contributed by atoms with Crippen LogP contribution in [-0.4, -0.2) is 26.5 Å². The smallest absolute Gasteiger partial charge is 0.242 e. The maximum atomic E-state index is 12.4. The highest BCUT2D eigenvalue weighted by atomic mass is 16.2. The average Bonchev–Trinajstić information content (AvgIpc) is 2.78. The molecule has 0 radical (unpaired) electrons. The van der Waals surface area contributed by atoms with E-state index >= 15 is 0 Å². The highest BCUT2D eigenvalue weighted by Crippen LogP contribution is 2.16. The van der Waals surface area contributed by atoms with E-state index in [-0.39, 0.29) is 24.3 Å². The van der Waals surface area contributed by atoms with Gasteiger partial charge in [0, 0.05) is 11.4 Å². The lowest BCUT2D eigenvalue weighted by atomic mass is 10.1. The van der Waals surface area contributed by atoms with Crippen molar-refractivity contribution in [1.82, 2.24) is 20.1 Å². The van der Waals surface area contributed by atoms with Gasteiger partial charge in [-0.05, 0) is 46.2 Å². The van der Waals surface area contributed by atoms with Crippen LogP contribution in [0.4, 0.5) is 0 Å². The molecule has 0 saturated carbocycles. The summed E-state index contributed by atoms with van der Waals surface area (Å²) >= 11 is 0. The van der Waals surface area contributed by atoms with Crippen molar-refractivity contribution >= 4 is 11.7 Å². The standard InChI is InChI=1S/C18H24N4O2/c1-6-15(16-9-7-8-11(2)19-16)20-17(24)10-22-13(4)18(14(5)23)12(3)21-22/h7-9,15H,6,10H2,1-5H3,(H,20,24)/t15-/m1/s1. The molecule has 24 heavy (non-hydrogen) atoms. The topological polar surface area (TPSA) is 76.9 Å². The number of hydrogen-bond acceptors (Lipinski definition) is 4. The summed E-state index contributed by atoms with van der Waals surface area (Å²) in [6, 6.07) is 5.64. The largest absolute Gasteiger partial charge is 0.346 e. The van der Waals surface area contributed by atoms with Crippen LogP contribution >= 0.6 is 0 Å². The molecule has 0 bridgehead atoms. The molecule has 0 aliphatic heterocycles. The van der Waals surface area contributed by atoms with Gasteiger partial charge in [-0.15, -0.1) is 0 Å². The molecule has 0 aliphatic carbocycles. The highest BCUT2D eigenvalue weighted by molar-refractivity contribution is 5.96. The zero-order valence-corrected chi connectivity index (χ0v) is 14.9. The quantitative estimate of drug-likeness (QED) is 0.827. The number of nitrogens with zero attached hydrogens (tertiary/aromatic N) is 3. The maximum Gasteiger partial charge on any atom is 0.242 e. The number of hydrogen-bond donors (Lipinski definition) is 1. The summed E-state index contributed by atoms with van der Waals surface area (Å²) in [5, 5.41) is 7.31. The van der Waals surface area contributed by atoms with Crippen LogP contribution in [0.1, 0.15) is 59.4 Å². The molecule has 0 aromatic carbocycles. The molecule has 2 aromatic heterocycles. The summed E-state index contributed by atoms with van der Waals surface area (Å²) in [6.45, 7) is 9.12. The Kier molecular flexibility index (Phi) is 5.49. The molecule has 1 atom stereocenters. The fraction of sp³-hybridized carbons (Fsp3) is 0.444. The Bertz CT molecular complexity index is 764. The van der Waals surface area contributed by atoms with Gasteiger partial charge in [0.1, 0.15) is 6.54 Å². The Morgan fingerprint density at radius 1 is 1.25 bits per heavy atom. The Labute approximate surface area is 142 Å². The minimum atomic E-state index is -0.147. The van der Waals surface area contributed by atoms with E-state index in [9.17, 15) is 9.59 Å². The van der Waals surface area contributed by atoms with Gasteiger partial charge in [0.05, 0.1) is 23.0 Å².